The van der Waals surface area contributed by atoms with E-state index in [9.17, 15) is 4.79 Å². The maximum absolute atomic E-state index is 12.5. The molecule has 3 nitrogen and oxygen atoms in total. The van der Waals surface area contributed by atoms with E-state index in [1.165, 1.54) is 11.8 Å². The van der Waals surface area contributed by atoms with Crippen molar-refractivity contribution in [2.75, 3.05) is 5.75 Å². The van der Waals surface area contributed by atoms with Crippen LogP contribution in [0.1, 0.15) is 10.4 Å². The summed E-state index contributed by atoms with van der Waals surface area (Å²) in [6.07, 6.45) is 0. The average Bonchev–Trinajstić information content (AvgIpc) is 3.18. The van der Waals surface area contributed by atoms with E-state index in [1.54, 1.807) is 0 Å². The van der Waals surface area contributed by atoms with Gasteiger partial charge >= 0.3 is 0 Å². The minimum absolute atomic E-state index is 0.0400. The van der Waals surface area contributed by atoms with Gasteiger partial charge in [-0.05, 0) is 12.1 Å². The summed E-state index contributed by atoms with van der Waals surface area (Å²) in [6, 6.07) is 27.2. The van der Waals surface area contributed by atoms with Gasteiger partial charge in [-0.3, -0.25) is 4.79 Å². The molecule has 28 heavy (non-hydrogen) atoms. The van der Waals surface area contributed by atoms with Crippen LogP contribution in [0.2, 0.25) is 0 Å². The van der Waals surface area contributed by atoms with E-state index >= 15 is 0 Å². The molecule has 1 aromatic heterocycles. The third kappa shape index (κ3) is 4.26. The van der Waals surface area contributed by atoms with Crippen molar-refractivity contribution in [2.45, 2.75) is 5.22 Å². The van der Waals surface area contributed by atoms with Gasteiger partial charge in [-0.1, -0.05) is 100 Å². The van der Waals surface area contributed by atoms with Gasteiger partial charge in [-0.15, -0.1) is 0 Å². The number of halogens is 1. The normalized spacial score (nSPS) is 10.8. The van der Waals surface area contributed by atoms with Gasteiger partial charge in [-0.25, -0.2) is 4.98 Å². The molecular formula is C23H16BrNO2S. The fraction of sp³-hybridized carbons (Fsp3) is 0.0435. The number of carbonyl (C=O) groups excluding carboxylic acids is 1. The first-order valence-electron chi connectivity index (χ1n) is 8.74. The molecule has 0 aliphatic carbocycles. The number of hydrogen-bond donors (Lipinski definition) is 0. The van der Waals surface area contributed by atoms with Crippen molar-refractivity contribution < 1.29 is 9.21 Å². The summed E-state index contributed by atoms with van der Waals surface area (Å²) >= 11 is 4.70. The van der Waals surface area contributed by atoms with Crippen molar-refractivity contribution >= 4 is 33.5 Å². The first-order valence-corrected chi connectivity index (χ1v) is 10.5. The quantitative estimate of drug-likeness (QED) is 0.241. The van der Waals surface area contributed by atoms with Crippen molar-refractivity contribution in [3.8, 4) is 22.6 Å². The molecule has 138 valence electrons. The molecule has 0 N–H and O–H groups in total. The number of aromatic nitrogens is 1. The second-order valence-electron chi connectivity index (χ2n) is 6.11. The lowest BCUT2D eigenvalue weighted by atomic mass is 10.1. The summed E-state index contributed by atoms with van der Waals surface area (Å²) in [5, 5.41) is 0.489. The van der Waals surface area contributed by atoms with E-state index in [1.807, 2.05) is 84.9 Å². The van der Waals surface area contributed by atoms with Crippen molar-refractivity contribution in [3.05, 3.63) is 95.0 Å². The molecule has 1 heterocycles. The molecule has 0 radical (unpaired) electrons. The standard InChI is InChI=1S/C23H16BrNO2S/c24-19-13-11-16(12-14-19)20(26)15-28-23-25-21(17-7-3-1-4-8-17)22(27-23)18-9-5-2-6-10-18/h1-14H,15H2. The van der Waals surface area contributed by atoms with E-state index in [0.29, 0.717) is 16.5 Å². The summed E-state index contributed by atoms with van der Waals surface area (Å²) in [7, 11) is 0. The van der Waals surface area contributed by atoms with E-state index in [4.69, 9.17) is 4.42 Å². The average molecular weight is 450 g/mol. The molecule has 4 aromatic rings. The number of thioether (sulfide) groups is 1. The lowest BCUT2D eigenvalue weighted by Crippen LogP contribution is -2.01. The zero-order valence-electron chi connectivity index (χ0n) is 14.8. The van der Waals surface area contributed by atoms with Gasteiger partial charge in [0.15, 0.2) is 11.5 Å². The summed E-state index contributed by atoms with van der Waals surface area (Å²) in [5.41, 5.74) is 3.40. The molecule has 0 unspecified atom stereocenters. The topological polar surface area (TPSA) is 43.1 Å². The number of ketones is 1. The lowest BCUT2D eigenvalue weighted by molar-refractivity contribution is 0.102. The van der Waals surface area contributed by atoms with Gasteiger partial charge in [0.1, 0.15) is 5.69 Å². The highest BCUT2D eigenvalue weighted by Crippen LogP contribution is 2.35. The Kier molecular flexibility index (Phi) is 5.74. The molecule has 0 bridgehead atoms. The molecule has 5 heteroatoms. The number of Topliss-reactive ketones (excluding diaryl/α,β-unsaturated/α-hetero) is 1. The van der Waals surface area contributed by atoms with Gasteiger partial charge in [0, 0.05) is 21.2 Å². The Morgan fingerprint density at radius 3 is 2.11 bits per heavy atom. The number of nitrogens with zero attached hydrogens (tertiary/aromatic N) is 1. The van der Waals surface area contributed by atoms with Crippen LogP contribution in [0.15, 0.2) is 99.0 Å². The molecule has 3 aromatic carbocycles. The van der Waals surface area contributed by atoms with E-state index < -0.39 is 0 Å². The van der Waals surface area contributed by atoms with Crippen LogP contribution in [0.4, 0.5) is 0 Å². The highest BCUT2D eigenvalue weighted by Gasteiger charge is 2.18. The number of rotatable bonds is 6. The Hall–Kier alpha value is -2.63. The van der Waals surface area contributed by atoms with Gasteiger partial charge in [0.2, 0.25) is 0 Å². The molecule has 0 atom stereocenters. The van der Waals surface area contributed by atoms with E-state index in [2.05, 4.69) is 20.9 Å². The van der Waals surface area contributed by atoms with Crippen LogP contribution in [-0.2, 0) is 0 Å². The van der Waals surface area contributed by atoms with Crippen LogP contribution >= 0.6 is 27.7 Å². The molecule has 0 spiro atoms. The Balaban J connectivity index is 1.60. The van der Waals surface area contributed by atoms with Crippen LogP contribution < -0.4 is 0 Å². The fourth-order valence-corrected chi connectivity index (χ4v) is 3.77. The zero-order valence-corrected chi connectivity index (χ0v) is 17.2. The Morgan fingerprint density at radius 2 is 1.46 bits per heavy atom. The molecule has 0 aliphatic heterocycles. The minimum atomic E-state index is 0.0400. The number of carbonyl (C=O) groups is 1. The molecule has 0 saturated carbocycles. The van der Waals surface area contributed by atoms with Crippen molar-refractivity contribution in [1.82, 2.24) is 4.98 Å². The van der Waals surface area contributed by atoms with Gasteiger partial charge in [0.25, 0.3) is 5.22 Å². The van der Waals surface area contributed by atoms with E-state index in [0.717, 1.165) is 21.3 Å². The molecule has 0 saturated heterocycles. The summed E-state index contributed by atoms with van der Waals surface area (Å²) in [4.78, 5) is 17.1. The van der Waals surface area contributed by atoms with Crippen molar-refractivity contribution in [1.29, 1.82) is 0 Å². The van der Waals surface area contributed by atoms with Gasteiger partial charge in [-0.2, -0.15) is 0 Å². The number of benzene rings is 3. The number of oxazole rings is 1. The summed E-state index contributed by atoms with van der Waals surface area (Å²) in [6.45, 7) is 0. The Labute approximate surface area is 175 Å². The SMILES string of the molecule is O=C(CSc1nc(-c2ccccc2)c(-c2ccccc2)o1)c1ccc(Br)cc1. The van der Waals surface area contributed by atoms with Crippen molar-refractivity contribution in [2.24, 2.45) is 0 Å². The third-order valence-electron chi connectivity index (χ3n) is 4.18. The third-order valence-corrected chi connectivity index (χ3v) is 5.54. The summed E-state index contributed by atoms with van der Waals surface area (Å²) in [5.74, 6) is 1.02. The monoisotopic (exact) mass is 449 g/mol. The highest BCUT2D eigenvalue weighted by molar-refractivity contribution is 9.10. The molecule has 0 aliphatic rings. The van der Waals surface area contributed by atoms with Crippen LogP contribution in [-0.4, -0.2) is 16.5 Å². The number of hydrogen-bond acceptors (Lipinski definition) is 4. The van der Waals surface area contributed by atoms with Crippen LogP contribution in [0.25, 0.3) is 22.6 Å². The molecular weight excluding hydrogens is 434 g/mol. The molecule has 4 rings (SSSR count). The second kappa shape index (κ2) is 8.59. The van der Waals surface area contributed by atoms with Crippen molar-refractivity contribution in [3.63, 3.8) is 0 Å². The maximum atomic E-state index is 12.5. The summed E-state index contributed by atoms with van der Waals surface area (Å²) < 4.78 is 7.00. The zero-order chi connectivity index (χ0) is 19.3. The van der Waals surface area contributed by atoms with Gasteiger partial charge in [0.05, 0.1) is 5.75 Å². The Bertz CT molecular complexity index is 1020. The second-order valence-corrected chi connectivity index (χ2v) is 7.95. The van der Waals surface area contributed by atoms with Crippen LogP contribution in [0.3, 0.4) is 0 Å². The fourth-order valence-electron chi connectivity index (χ4n) is 2.79. The van der Waals surface area contributed by atoms with E-state index in [-0.39, 0.29) is 11.5 Å². The molecule has 0 amide bonds. The predicted molar refractivity (Wildman–Crippen MR) is 117 cm³/mol. The Morgan fingerprint density at radius 1 is 0.857 bits per heavy atom. The van der Waals surface area contributed by atoms with Crippen LogP contribution in [0, 0.1) is 0 Å². The minimum Gasteiger partial charge on any atom is -0.431 e. The largest absolute Gasteiger partial charge is 0.431 e. The highest BCUT2D eigenvalue weighted by atomic mass is 79.9. The lowest BCUT2D eigenvalue weighted by Gasteiger charge is -2.00. The predicted octanol–water partition coefficient (Wildman–Crippen LogP) is 6.75. The smallest absolute Gasteiger partial charge is 0.257 e. The van der Waals surface area contributed by atoms with Gasteiger partial charge < -0.3 is 4.42 Å². The maximum Gasteiger partial charge on any atom is 0.257 e. The van der Waals surface area contributed by atoms with Crippen LogP contribution in [0.5, 0.6) is 0 Å². The molecule has 0 fully saturated rings. The first kappa shape index (κ1) is 18.7. The first-order chi connectivity index (χ1) is 13.7.